The molecule has 1 aromatic rings. The summed E-state index contributed by atoms with van der Waals surface area (Å²) in [5.41, 5.74) is 7.26. The van der Waals surface area contributed by atoms with E-state index in [1.165, 1.54) is 32.1 Å². The summed E-state index contributed by atoms with van der Waals surface area (Å²) in [4.78, 5) is 6.53. The molecule has 0 spiro atoms. The third-order valence-corrected chi connectivity index (χ3v) is 4.64. The molecule has 1 saturated carbocycles. The molecule has 5 heteroatoms. The van der Waals surface area contributed by atoms with E-state index in [0.717, 1.165) is 18.0 Å². The molecule has 0 aliphatic heterocycles. The summed E-state index contributed by atoms with van der Waals surface area (Å²) in [6, 6.07) is 4.54. The van der Waals surface area contributed by atoms with Gasteiger partial charge in [-0.2, -0.15) is 0 Å². The van der Waals surface area contributed by atoms with E-state index in [9.17, 15) is 0 Å². The molecule has 0 saturated heterocycles. The summed E-state index contributed by atoms with van der Waals surface area (Å²) in [6.07, 6.45) is 8.28. The minimum Gasteiger partial charge on any atom is -0.409 e. The van der Waals surface area contributed by atoms with Crippen molar-refractivity contribution in [3.63, 3.8) is 0 Å². The van der Waals surface area contributed by atoms with Crippen molar-refractivity contribution in [1.29, 1.82) is 0 Å². The monoisotopic (exact) mass is 290 g/mol. The van der Waals surface area contributed by atoms with E-state index < -0.39 is 0 Å². The molecule has 0 atom stereocenters. The molecule has 1 fully saturated rings. The highest BCUT2D eigenvalue weighted by molar-refractivity contribution is 5.95. The SMILES string of the molecule is CCC1CCC(N(C)Cc2ccnc(C(N)=NO)c2)CC1. The van der Waals surface area contributed by atoms with Crippen molar-refractivity contribution in [3.05, 3.63) is 29.6 Å². The van der Waals surface area contributed by atoms with Crippen molar-refractivity contribution in [3.8, 4) is 0 Å². The molecule has 21 heavy (non-hydrogen) atoms. The molecule has 2 rings (SSSR count). The van der Waals surface area contributed by atoms with Gasteiger partial charge in [-0.25, -0.2) is 0 Å². The predicted octanol–water partition coefficient (Wildman–Crippen LogP) is 2.58. The van der Waals surface area contributed by atoms with Gasteiger partial charge in [0.15, 0.2) is 5.84 Å². The first kappa shape index (κ1) is 15.8. The highest BCUT2D eigenvalue weighted by atomic mass is 16.4. The Labute approximate surface area is 126 Å². The number of hydrogen-bond acceptors (Lipinski definition) is 4. The number of hydrogen-bond donors (Lipinski definition) is 2. The maximum atomic E-state index is 8.73. The molecule has 0 unspecified atom stereocenters. The highest BCUT2D eigenvalue weighted by Crippen LogP contribution is 2.29. The molecule has 0 bridgehead atoms. The largest absolute Gasteiger partial charge is 0.409 e. The van der Waals surface area contributed by atoms with Crippen molar-refractivity contribution in [2.75, 3.05) is 7.05 Å². The summed E-state index contributed by atoms with van der Waals surface area (Å²) < 4.78 is 0. The molecule has 116 valence electrons. The third kappa shape index (κ3) is 4.17. The molecule has 5 nitrogen and oxygen atoms in total. The second kappa shape index (κ2) is 7.41. The lowest BCUT2D eigenvalue weighted by Gasteiger charge is -2.34. The molecular weight excluding hydrogens is 264 g/mol. The van der Waals surface area contributed by atoms with Crippen LogP contribution in [-0.4, -0.2) is 34.0 Å². The van der Waals surface area contributed by atoms with Crippen LogP contribution in [0.1, 0.15) is 50.3 Å². The van der Waals surface area contributed by atoms with Gasteiger partial charge >= 0.3 is 0 Å². The lowest BCUT2D eigenvalue weighted by molar-refractivity contribution is 0.157. The minimum absolute atomic E-state index is 0.0583. The Morgan fingerprint density at radius 2 is 2.14 bits per heavy atom. The Bertz CT molecular complexity index is 481. The fourth-order valence-corrected chi connectivity index (χ4v) is 3.17. The fraction of sp³-hybridized carbons (Fsp3) is 0.625. The van der Waals surface area contributed by atoms with Gasteiger partial charge in [0.05, 0.1) is 0 Å². The zero-order valence-electron chi connectivity index (χ0n) is 13.0. The van der Waals surface area contributed by atoms with Crippen LogP contribution < -0.4 is 5.73 Å². The van der Waals surface area contributed by atoms with Gasteiger partial charge in [-0.05, 0) is 56.3 Å². The van der Waals surface area contributed by atoms with E-state index in [-0.39, 0.29) is 5.84 Å². The summed E-state index contributed by atoms with van der Waals surface area (Å²) in [6.45, 7) is 3.16. The number of pyridine rings is 1. The number of rotatable bonds is 5. The molecule has 0 amide bonds. The van der Waals surface area contributed by atoms with Crippen LogP contribution in [0.5, 0.6) is 0 Å². The average Bonchev–Trinajstić information content (AvgIpc) is 2.54. The zero-order valence-corrected chi connectivity index (χ0v) is 13.0. The van der Waals surface area contributed by atoms with Crippen LogP contribution in [0.4, 0.5) is 0 Å². The van der Waals surface area contributed by atoms with Crippen LogP contribution in [-0.2, 0) is 6.54 Å². The Balaban J connectivity index is 1.95. The number of oxime groups is 1. The lowest BCUT2D eigenvalue weighted by atomic mass is 9.84. The fourth-order valence-electron chi connectivity index (χ4n) is 3.17. The molecule has 1 aliphatic carbocycles. The van der Waals surface area contributed by atoms with Crippen LogP contribution in [0, 0.1) is 5.92 Å². The van der Waals surface area contributed by atoms with Gasteiger partial charge < -0.3 is 10.9 Å². The number of aromatic nitrogens is 1. The van der Waals surface area contributed by atoms with Gasteiger partial charge in [0.2, 0.25) is 0 Å². The number of nitrogens with two attached hydrogens (primary N) is 1. The Hall–Kier alpha value is -1.62. The van der Waals surface area contributed by atoms with Gasteiger partial charge in [-0.1, -0.05) is 18.5 Å². The van der Waals surface area contributed by atoms with Crippen molar-refractivity contribution < 1.29 is 5.21 Å². The Morgan fingerprint density at radius 3 is 2.76 bits per heavy atom. The average molecular weight is 290 g/mol. The van der Waals surface area contributed by atoms with E-state index in [0.29, 0.717) is 11.7 Å². The first-order valence-corrected chi connectivity index (χ1v) is 7.77. The van der Waals surface area contributed by atoms with Crippen LogP contribution in [0.25, 0.3) is 0 Å². The lowest BCUT2D eigenvalue weighted by Crippen LogP contribution is -2.34. The molecule has 1 aromatic heterocycles. The van der Waals surface area contributed by atoms with E-state index in [1.54, 1.807) is 6.20 Å². The van der Waals surface area contributed by atoms with Gasteiger partial charge in [0.1, 0.15) is 5.69 Å². The molecule has 3 N–H and O–H groups in total. The predicted molar refractivity (Wildman–Crippen MR) is 84.3 cm³/mol. The molecule has 1 heterocycles. The van der Waals surface area contributed by atoms with Gasteiger partial charge in [0.25, 0.3) is 0 Å². The quantitative estimate of drug-likeness (QED) is 0.378. The van der Waals surface area contributed by atoms with Crippen LogP contribution >= 0.6 is 0 Å². The Kier molecular flexibility index (Phi) is 5.56. The second-order valence-electron chi connectivity index (χ2n) is 6.03. The number of nitrogens with zero attached hydrogens (tertiary/aromatic N) is 3. The first-order valence-electron chi connectivity index (χ1n) is 7.77. The van der Waals surface area contributed by atoms with Crippen molar-refractivity contribution in [1.82, 2.24) is 9.88 Å². The van der Waals surface area contributed by atoms with Crippen LogP contribution in [0.2, 0.25) is 0 Å². The van der Waals surface area contributed by atoms with Crippen LogP contribution in [0.3, 0.4) is 0 Å². The Morgan fingerprint density at radius 1 is 1.43 bits per heavy atom. The molecular formula is C16H26N4O. The molecule has 0 aromatic carbocycles. The van der Waals surface area contributed by atoms with Gasteiger partial charge in [-0.15, -0.1) is 0 Å². The van der Waals surface area contributed by atoms with E-state index in [2.05, 4.69) is 29.0 Å². The maximum Gasteiger partial charge on any atom is 0.188 e. The van der Waals surface area contributed by atoms with Crippen molar-refractivity contribution in [2.45, 2.75) is 51.6 Å². The smallest absolute Gasteiger partial charge is 0.188 e. The number of amidine groups is 1. The van der Waals surface area contributed by atoms with Gasteiger partial charge in [0, 0.05) is 18.8 Å². The van der Waals surface area contributed by atoms with Crippen LogP contribution in [0.15, 0.2) is 23.5 Å². The van der Waals surface area contributed by atoms with Gasteiger partial charge in [-0.3, -0.25) is 9.88 Å². The van der Waals surface area contributed by atoms with E-state index in [4.69, 9.17) is 10.9 Å². The summed E-state index contributed by atoms with van der Waals surface area (Å²) >= 11 is 0. The molecule has 1 aliphatic rings. The van der Waals surface area contributed by atoms with E-state index >= 15 is 0 Å². The normalized spacial score (nSPS) is 23.5. The summed E-state index contributed by atoms with van der Waals surface area (Å²) in [5.74, 6) is 0.977. The van der Waals surface area contributed by atoms with E-state index in [1.807, 2.05) is 12.1 Å². The standard InChI is InChI=1S/C16H26N4O/c1-3-12-4-6-14(7-5-12)20(2)11-13-8-9-18-15(10-13)16(17)19-21/h8-10,12,14,21H,3-7,11H2,1-2H3,(H2,17,19). The minimum atomic E-state index is 0.0583. The molecule has 0 radical (unpaired) electrons. The third-order valence-electron chi connectivity index (χ3n) is 4.64. The summed E-state index contributed by atoms with van der Waals surface area (Å²) in [5, 5.41) is 11.7. The summed E-state index contributed by atoms with van der Waals surface area (Å²) in [7, 11) is 2.18. The van der Waals surface area contributed by atoms with Crippen molar-refractivity contribution in [2.24, 2.45) is 16.8 Å². The zero-order chi connectivity index (χ0) is 15.2. The highest BCUT2D eigenvalue weighted by Gasteiger charge is 2.23. The maximum absolute atomic E-state index is 8.73. The first-order chi connectivity index (χ1) is 10.1. The topological polar surface area (TPSA) is 74.7 Å². The van der Waals surface area contributed by atoms with Crippen molar-refractivity contribution >= 4 is 5.84 Å². The second-order valence-corrected chi connectivity index (χ2v) is 6.03.